The lowest BCUT2D eigenvalue weighted by atomic mass is 10.00. The SMILES string of the molecule is CSCC[C@H](N)C(=O)N[C@@H](CCCN=C(N)N)C(=O)N[C@@H](Cc1c[nH]c2ccccc12)C(=O)N[C@@H](CCC(N)=O)C(=O)N[C@H](C(=O)N1CCC[C@H]1C(=O)N[C@@H](CCCN=C(N)N)C(=O)O)C(C)C. The van der Waals surface area contributed by atoms with Crippen molar-refractivity contribution in [3.8, 4) is 0 Å². The number of H-pyrrole nitrogens is 1. The third-order valence-corrected chi connectivity index (χ3v) is 11.9. The standard InChI is InChI=1S/C43H69N15O9S/c1-23(2)34(40(65)58-19-8-13-32(58)39(64)55-30(41(66)67)12-7-18-51-43(48)49)57-37(62)29(14-15-33(45)59)54-38(63)31(21-24-22-52-27-10-5-4-9-25(24)27)56-36(61)28(11-6-17-50-42(46)47)53-35(60)26(44)16-20-68-3/h4-5,9-10,22-23,26,28-32,34,52H,6-8,11-21,44H2,1-3H3,(H2,45,59)(H,53,60)(H,54,63)(H,55,64)(H,56,61)(H,57,62)(H,66,67)(H4,46,47,50)(H4,48,49,51)/t26-,28-,29-,30-,31-,32-,34-/m0/s1. The summed E-state index contributed by atoms with van der Waals surface area (Å²) >= 11 is 1.50. The van der Waals surface area contributed by atoms with Gasteiger partial charge in [0.25, 0.3) is 0 Å². The molecule has 19 N–H and O–H groups in total. The van der Waals surface area contributed by atoms with E-state index in [9.17, 15) is 43.5 Å². The van der Waals surface area contributed by atoms with Gasteiger partial charge in [0.05, 0.1) is 6.04 Å². The number of para-hydroxylation sites is 1. The molecule has 2 aromatic rings. The van der Waals surface area contributed by atoms with E-state index in [-0.39, 0.29) is 82.9 Å². The Morgan fingerprint density at radius 1 is 0.779 bits per heavy atom. The van der Waals surface area contributed by atoms with E-state index < -0.39 is 95.5 Å². The number of hydrogen-bond donors (Lipinski definition) is 13. The van der Waals surface area contributed by atoms with Gasteiger partial charge in [-0.05, 0) is 80.9 Å². The lowest BCUT2D eigenvalue weighted by Crippen LogP contribution is -2.60. The number of guanidine groups is 2. The first-order chi connectivity index (χ1) is 32.2. The average molecular weight is 972 g/mol. The van der Waals surface area contributed by atoms with Crippen molar-refractivity contribution in [1.29, 1.82) is 0 Å². The van der Waals surface area contributed by atoms with Crippen LogP contribution in [0.4, 0.5) is 0 Å². The number of nitrogens with zero attached hydrogens (tertiary/aromatic N) is 3. The summed E-state index contributed by atoms with van der Waals surface area (Å²) in [5.41, 5.74) is 34.7. The van der Waals surface area contributed by atoms with E-state index in [1.807, 2.05) is 24.5 Å². The number of aliphatic imine (C=N–C) groups is 2. The van der Waals surface area contributed by atoms with Crippen LogP contribution in [-0.2, 0) is 44.8 Å². The fourth-order valence-electron chi connectivity index (χ4n) is 7.53. The number of thioether (sulfide) groups is 1. The summed E-state index contributed by atoms with van der Waals surface area (Å²) in [7, 11) is 0. The molecule has 24 nitrogen and oxygen atoms in total. The highest BCUT2D eigenvalue weighted by atomic mass is 32.2. The van der Waals surface area contributed by atoms with Gasteiger partial charge in [0.15, 0.2) is 11.9 Å². The molecule has 1 aliphatic heterocycles. The van der Waals surface area contributed by atoms with E-state index in [1.54, 1.807) is 26.1 Å². The number of aromatic nitrogens is 1. The fourth-order valence-corrected chi connectivity index (χ4v) is 8.02. The first-order valence-electron chi connectivity index (χ1n) is 22.5. The number of benzene rings is 1. The van der Waals surface area contributed by atoms with E-state index in [0.29, 0.717) is 24.2 Å². The maximum atomic E-state index is 14.5. The molecule has 1 fully saturated rings. The molecule has 1 aliphatic rings. The smallest absolute Gasteiger partial charge is 0.326 e. The minimum absolute atomic E-state index is 0.0129. The Labute approximate surface area is 399 Å². The van der Waals surface area contributed by atoms with Crippen LogP contribution in [0, 0.1) is 5.92 Å². The molecular weight excluding hydrogens is 903 g/mol. The van der Waals surface area contributed by atoms with Crippen molar-refractivity contribution in [2.45, 2.75) is 120 Å². The quantitative estimate of drug-likeness (QED) is 0.0225. The molecule has 2 heterocycles. The van der Waals surface area contributed by atoms with Crippen molar-refractivity contribution in [1.82, 2.24) is 36.5 Å². The second-order valence-corrected chi connectivity index (χ2v) is 17.8. The van der Waals surface area contributed by atoms with E-state index >= 15 is 0 Å². The Hall–Kier alpha value is -6.63. The van der Waals surface area contributed by atoms with Crippen LogP contribution in [0.5, 0.6) is 0 Å². The van der Waals surface area contributed by atoms with Crippen molar-refractivity contribution < 1.29 is 43.5 Å². The second kappa shape index (κ2) is 27.9. The number of fused-ring (bicyclic) bond motifs is 1. The molecule has 0 spiro atoms. The Bertz CT molecular complexity index is 2130. The fraction of sp³-hybridized carbons (Fsp3) is 0.581. The minimum atomic E-state index is -1.47. The molecule has 0 aliphatic carbocycles. The first kappa shape index (κ1) is 55.7. The molecule has 1 aromatic heterocycles. The Kier molecular flexibility index (Phi) is 22.8. The van der Waals surface area contributed by atoms with Gasteiger partial charge < -0.3 is 76.0 Å². The number of carbonyl (C=O) groups excluding carboxylic acids is 7. The van der Waals surface area contributed by atoms with Gasteiger partial charge in [-0.3, -0.25) is 43.5 Å². The normalized spacial score (nSPS) is 16.0. The molecule has 0 bridgehead atoms. The van der Waals surface area contributed by atoms with Crippen molar-refractivity contribution in [2.24, 2.45) is 50.3 Å². The summed E-state index contributed by atoms with van der Waals surface area (Å²) < 4.78 is 0. The van der Waals surface area contributed by atoms with E-state index in [4.69, 9.17) is 34.4 Å². The molecule has 0 radical (unpaired) electrons. The monoisotopic (exact) mass is 972 g/mol. The summed E-state index contributed by atoms with van der Waals surface area (Å²) in [5, 5.41) is 23.9. The highest BCUT2D eigenvalue weighted by molar-refractivity contribution is 7.98. The number of nitrogens with one attached hydrogen (secondary N) is 6. The second-order valence-electron chi connectivity index (χ2n) is 16.9. The summed E-state index contributed by atoms with van der Waals surface area (Å²) in [5.74, 6) is -6.71. The molecule has 7 amide bonds. The Balaban J connectivity index is 1.91. The number of rotatable bonds is 29. The maximum absolute atomic E-state index is 14.5. The summed E-state index contributed by atoms with van der Waals surface area (Å²) in [6.07, 6.45) is 4.34. The summed E-state index contributed by atoms with van der Waals surface area (Å²) in [4.78, 5) is 120. The van der Waals surface area contributed by atoms with Gasteiger partial charge in [-0.15, -0.1) is 0 Å². The first-order valence-corrected chi connectivity index (χ1v) is 23.9. The van der Waals surface area contributed by atoms with Crippen LogP contribution in [0.15, 0.2) is 40.4 Å². The zero-order valence-electron chi connectivity index (χ0n) is 38.8. The zero-order chi connectivity index (χ0) is 50.5. The molecule has 1 aromatic carbocycles. The molecule has 25 heteroatoms. The van der Waals surface area contributed by atoms with E-state index in [0.717, 1.165) is 10.9 Å². The number of hydrogen-bond acceptors (Lipinski definition) is 12. The van der Waals surface area contributed by atoms with Gasteiger partial charge in [0.2, 0.25) is 41.4 Å². The van der Waals surface area contributed by atoms with Gasteiger partial charge in [-0.1, -0.05) is 32.0 Å². The van der Waals surface area contributed by atoms with Crippen molar-refractivity contribution >= 4 is 81.9 Å². The van der Waals surface area contributed by atoms with E-state index in [2.05, 4.69) is 41.6 Å². The molecule has 3 rings (SSSR count). The molecule has 7 atom stereocenters. The van der Waals surface area contributed by atoms with Crippen LogP contribution >= 0.6 is 11.8 Å². The van der Waals surface area contributed by atoms with Crippen LogP contribution in [-0.4, -0.2) is 148 Å². The third kappa shape index (κ3) is 17.9. The lowest BCUT2D eigenvalue weighted by Gasteiger charge is -2.32. The molecule has 0 unspecified atom stereocenters. The van der Waals surface area contributed by atoms with Gasteiger partial charge >= 0.3 is 5.97 Å². The number of carboxylic acids is 1. The minimum Gasteiger partial charge on any atom is -0.480 e. The highest BCUT2D eigenvalue weighted by Gasteiger charge is 2.41. The molecule has 0 saturated carbocycles. The van der Waals surface area contributed by atoms with Crippen LogP contribution in [0.25, 0.3) is 10.9 Å². The van der Waals surface area contributed by atoms with Crippen LogP contribution in [0.3, 0.4) is 0 Å². The van der Waals surface area contributed by atoms with Crippen LogP contribution in [0.2, 0.25) is 0 Å². The lowest BCUT2D eigenvalue weighted by molar-refractivity contribution is -0.145. The largest absolute Gasteiger partial charge is 0.480 e. The van der Waals surface area contributed by atoms with E-state index in [1.165, 1.54) is 16.7 Å². The zero-order valence-corrected chi connectivity index (χ0v) is 39.6. The number of amides is 7. The number of aromatic amines is 1. The average Bonchev–Trinajstić information content (AvgIpc) is 3.95. The molecule has 68 heavy (non-hydrogen) atoms. The topological polar surface area (TPSA) is 417 Å². The molecular formula is C43H69N15O9S. The number of carbonyl (C=O) groups is 8. The number of likely N-dealkylation sites (tertiary alicyclic amines) is 1. The van der Waals surface area contributed by atoms with Crippen LogP contribution in [0.1, 0.15) is 77.2 Å². The summed E-state index contributed by atoms with van der Waals surface area (Å²) in [6.45, 7) is 3.74. The van der Waals surface area contributed by atoms with Crippen molar-refractivity contribution in [3.63, 3.8) is 0 Å². The van der Waals surface area contributed by atoms with Gasteiger partial charge in [0.1, 0.15) is 36.3 Å². The molecule has 1 saturated heterocycles. The summed E-state index contributed by atoms with van der Waals surface area (Å²) in [6, 6.07) is -1.28. The predicted molar refractivity (Wildman–Crippen MR) is 258 cm³/mol. The third-order valence-electron chi connectivity index (χ3n) is 11.2. The van der Waals surface area contributed by atoms with Crippen molar-refractivity contribution in [2.75, 3.05) is 31.6 Å². The van der Waals surface area contributed by atoms with Crippen LogP contribution < -0.4 is 61.0 Å². The predicted octanol–water partition coefficient (Wildman–Crippen LogP) is -2.68. The van der Waals surface area contributed by atoms with Gasteiger partial charge in [-0.25, -0.2) is 4.79 Å². The maximum Gasteiger partial charge on any atom is 0.326 e. The highest BCUT2D eigenvalue weighted by Crippen LogP contribution is 2.22. The Morgan fingerprint density at radius 3 is 1.96 bits per heavy atom. The number of carboxylic acid groups (broad SMARTS) is 1. The molecule has 376 valence electrons. The van der Waals surface area contributed by atoms with Gasteiger partial charge in [-0.2, -0.15) is 11.8 Å². The van der Waals surface area contributed by atoms with Crippen molar-refractivity contribution in [3.05, 3.63) is 36.0 Å². The number of primary amides is 1. The number of aliphatic carboxylic acids is 1. The Morgan fingerprint density at radius 2 is 1.35 bits per heavy atom. The van der Waals surface area contributed by atoms with Gasteiger partial charge in [0, 0.05) is 49.6 Å². The number of nitrogens with two attached hydrogens (primary N) is 6.